The van der Waals surface area contributed by atoms with Gasteiger partial charge in [0.2, 0.25) is 0 Å². The standard InChI is InChI=1S/C32H27N/c1-24-10-18-29(19-11-24)33(30-20-12-25(2)13-21-30)31-22-15-26(16-23-31)14-17-28-8-5-7-27-6-3-4-9-32(27)28/h3-23H,1-2H3. The molecule has 0 N–H and O–H groups in total. The third-order valence-electron chi connectivity index (χ3n) is 6.01. The maximum atomic E-state index is 2.30. The van der Waals surface area contributed by atoms with Crippen molar-refractivity contribution in [2.45, 2.75) is 13.8 Å². The Morgan fingerprint density at radius 3 is 1.61 bits per heavy atom. The Labute approximate surface area is 196 Å². The topological polar surface area (TPSA) is 3.24 Å². The number of hydrogen-bond acceptors (Lipinski definition) is 1. The van der Waals surface area contributed by atoms with Gasteiger partial charge in [0.15, 0.2) is 0 Å². The van der Waals surface area contributed by atoms with E-state index in [-0.39, 0.29) is 0 Å². The lowest BCUT2D eigenvalue weighted by Crippen LogP contribution is -2.09. The highest BCUT2D eigenvalue weighted by Crippen LogP contribution is 2.35. The fourth-order valence-corrected chi connectivity index (χ4v) is 4.15. The molecule has 0 fully saturated rings. The first-order chi connectivity index (χ1) is 16.2. The van der Waals surface area contributed by atoms with E-state index in [9.17, 15) is 0 Å². The van der Waals surface area contributed by atoms with Gasteiger partial charge < -0.3 is 4.90 Å². The predicted octanol–water partition coefficient (Wildman–Crippen LogP) is 9.10. The van der Waals surface area contributed by atoms with Crippen molar-refractivity contribution in [3.05, 3.63) is 138 Å². The van der Waals surface area contributed by atoms with Crippen molar-refractivity contribution in [2.24, 2.45) is 0 Å². The van der Waals surface area contributed by atoms with Crippen LogP contribution in [0.1, 0.15) is 22.3 Å². The molecule has 1 nitrogen and oxygen atoms in total. The Morgan fingerprint density at radius 2 is 1.00 bits per heavy atom. The molecule has 160 valence electrons. The molecule has 0 saturated heterocycles. The third-order valence-corrected chi connectivity index (χ3v) is 6.01. The second-order valence-corrected chi connectivity index (χ2v) is 8.50. The van der Waals surface area contributed by atoms with Crippen LogP contribution in [0, 0.1) is 13.8 Å². The van der Waals surface area contributed by atoms with E-state index in [1.54, 1.807) is 0 Å². The molecule has 33 heavy (non-hydrogen) atoms. The van der Waals surface area contributed by atoms with E-state index in [0.717, 1.165) is 17.1 Å². The zero-order valence-corrected chi connectivity index (χ0v) is 19.1. The quantitative estimate of drug-likeness (QED) is 0.254. The summed E-state index contributed by atoms with van der Waals surface area (Å²) < 4.78 is 0. The summed E-state index contributed by atoms with van der Waals surface area (Å²) in [5.41, 5.74) is 8.39. The van der Waals surface area contributed by atoms with Crippen molar-refractivity contribution in [1.82, 2.24) is 0 Å². The van der Waals surface area contributed by atoms with Crippen LogP contribution in [0.3, 0.4) is 0 Å². The zero-order chi connectivity index (χ0) is 22.6. The lowest BCUT2D eigenvalue weighted by Gasteiger charge is -2.25. The number of hydrogen-bond donors (Lipinski definition) is 0. The predicted molar refractivity (Wildman–Crippen MR) is 143 cm³/mol. The summed E-state index contributed by atoms with van der Waals surface area (Å²) in [5.74, 6) is 0. The number of anilines is 3. The summed E-state index contributed by atoms with van der Waals surface area (Å²) in [5, 5.41) is 2.54. The Bertz CT molecular complexity index is 1340. The smallest absolute Gasteiger partial charge is 0.0462 e. The van der Waals surface area contributed by atoms with Crippen LogP contribution in [-0.2, 0) is 0 Å². The van der Waals surface area contributed by atoms with Crippen molar-refractivity contribution < 1.29 is 0 Å². The number of aryl methyl sites for hydroxylation is 2. The first-order valence-electron chi connectivity index (χ1n) is 11.4. The normalized spacial score (nSPS) is 11.2. The maximum absolute atomic E-state index is 2.30. The second-order valence-electron chi connectivity index (χ2n) is 8.50. The highest BCUT2D eigenvalue weighted by molar-refractivity contribution is 5.92. The van der Waals surface area contributed by atoms with Gasteiger partial charge in [0.25, 0.3) is 0 Å². The second kappa shape index (κ2) is 9.18. The highest BCUT2D eigenvalue weighted by Gasteiger charge is 2.12. The third kappa shape index (κ3) is 4.58. The van der Waals surface area contributed by atoms with Gasteiger partial charge in [-0.3, -0.25) is 0 Å². The van der Waals surface area contributed by atoms with Crippen molar-refractivity contribution in [2.75, 3.05) is 4.90 Å². The van der Waals surface area contributed by atoms with E-state index >= 15 is 0 Å². The van der Waals surface area contributed by atoms with E-state index in [2.05, 4.69) is 146 Å². The summed E-state index contributed by atoms with van der Waals surface area (Å²) in [6.07, 6.45) is 4.39. The Hall–Kier alpha value is -4.10. The molecule has 0 radical (unpaired) electrons. The van der Waals surface area contributed by atoms with E-state index in [1.807, 2.05) is 0 Å². The van der Waals surface area contributed by atoms with E-state index in [1.165, 1.54) is 33.0 Å². The number of nitrogens with zero attached hydrogens (tertiary/aromatic N) is 1. The molecule has 0 bridgehead atoms. The number of rotatable bonds is 5. The molecule has 0 heterocycles. The Balaban J connectivity index is 1.47. The minimum Gasteiger partial charge on any atom is -0.311 e. The first kappa shape index (κ1) is 20.8. The van der Waals surface area contributed by atoms with Gasteiger partial charge in [-0.1, -0.05) is 102 Å². The molecular weight excluding hydrogens is 398 g/mol. The van der Waals surface area contributed by atoms with E-state index in [0.29, 0.717) is 0 Å². The van der Waals surface area contributed by atoms with Crippen molar-refractivity contribution in [3.8, 4) is 0 Å². The monoisotopic (exact) mass is 425 g/mol. The summed E-state index contributed by atoms with van der Waals surface area (Å²) >= 11 is 0. The fraction of sp³-hybridized carbons (Fsp3) is 0.0625. The summed E-state index contributed by atoms with van der Waals surface area (Å²) in [6.45, 7) is 4.24. The molecule has 0 aliphatic carbocycles. The summed E-state index contributed by atoms with van der Waals surface area (Å²) in [7, 11) is 0. The van der Waals surface area contributed by atoms with Gasteiger partial charge in [-0.15, -0.1) is 0 Å². The summed E-state index contributed by atoms with van der Waals surface area (Å²) in [6, 6.07) is 41.1. The lowest BCUT2D eigenvalue weighted by molar-refractivity contribution is 1.27. The molecule has 0 aliphatic rings. The van der Waals surface area contributed by atoms with Crippen LogP contribution in [0.4, 0.5) is 17.1 Å². The molecule has 0 atom stereocenters. The molecule has 5 rings (SSSR count). The van der Waals surface area contributed by atoms with Crippen LogP contribution in [0.25, 0.3) is 22.9 Å². The van der Waals surface area contributed by atoms with Gasteiger partial charge >= 0.3 is 0 Å². The Kier molecular flexibility index (Phi) is 5.78. The zero-order valence-electron chi connectivity index (χ0n) is 19.1. The maximum Gasteiger partial charge on any atom is 0.0462 e. The van der Waals surface area contributed by atoms with Gasteiger partial charge in [-0.25, -0.2) is 0 Å². The molecule has 0 aromatic heterocycles. The van der Waals surface area contributed by atoms with Crippen LogP contribution < -0.4 is 4.90 Å². The largest absolute Gasteiger partial charge is 0.311 e. The average molecular weight is 426 g/mol. The van der Waals surface area contributed by atoms with Crippen LogP contribution >= 0.6 is 0 Å². The van der Waals surface area contributed by atoms with Gasteiger partial charge in [0, 0.05) is 17.1 Å². The molecule has 0 spiro atoms. The molecule has 0 aliphatic heterocycles. The van der Waals surface area contributed by atoms with Crippen molar-refractivity contribution >= 4 is 40.0 Å². The van der Waals surface area contributed by atoms with E-state index < -0.39 is 0 Å². The van der Waals surface area contributed by atoms with Gasteiger partial charge in [0.05, 0.1) is 0 Å². The SMILES string of the molecule is Cc1ccc(N(c2ccc(C)cc2)c2ccc(C=Cc3cccc4ccccc34)cc2)cc1. The highest BCUT2D eigenvalue weighted by atomic mass is 15.1. The first-order valence-corrected chi connectivity index (χ1v) is 11.4. The molecular formula is C32H27N. The number of benzene rings is 5. The number of fused-ring (bicyclic) bond motifs is 1. The minimum absolute atomic E-state index is 1.14. The minimum atomic E-state index is 1.14. The van der Waals surface area contributed by atoms with Crippen LogP contribution in [0.15, 0.2) is 115 Å². The van der Waals surface area contributed by atoms with Gasteiger partial charge in [-0.05, 0) is 72.1 Å². The van der Waals surface area contributed by atoms with Gasteiger partial charge in [-0.2, -0.15) is 0 Å². The molecule has 5 aromatic rings. The lowest BCUT2D eigenvalue weighted by atomic mass is 10.0. The molecule has 0 saturated carbocycles. The molecule has 0 unspecified atom stereocenters. The fourth-order valence-electron chi connectivity index (χ4n) is 4.15. The molecule has 5 aromatic carbocycles. The van der Waals surface area contributed by atoms with Crippen LogP contribution in [0.2, 0.25) is 0 Å². The van der Waals surface area contributed by atoms with E-state index in [4.69, 9.17) is 0 Å². The van der Waals surface area contributed by atoms with Crippen molar-refractivity contribution in [1.29, 1.82) is 0 Å². The molecule has 0 amide bonds. The average Bonchev–Trinajstić information content (AvgIpc) is 2.86. The van der Waals surface area contributed by atoms with Gasteiger partial charge in [0.1, 0.15) is 0 Å². The Morgan fingerprint density at radius 1 is 0.485 bits per heavy atom. The molecule has 1 heteroatoms. The van der Waals surface area contributed by atoms with Crippen LogP contribution in [0.5, 0.6) is 0 Å². The summed E-state index contributed by atoms with van der Waals surface area (Å²) in [4.78, 5) is 2.30. The van der Waals surface area contributed by atoms with Crippen LogP contribution in [-0.4, -0.2) is 0 Å². The van der Waals surface area contributed by atoms with Crippen molar-refractivity contribution in [3.63, 3.8) is 0 Å².